The highest BCUT2D eigenvalue weighted by molar-refractivity contribution is 4.86. The van der Waals surface area contributed by atoms with Gasteiger partial charge in [-0.3, -0.25) is 0 Å². The molecule has 0 bridgehead atoms. The summed E-state index contributed by atoms with van der Waals surface area (Å²) >= 11 is 0. The Balaban J connectivity index is 2.32. The summed E-state index contributed by atoms with van der Waals surface area (Å²) in [6.45, 7) is 7.24. The zero-order valence-corrected chi connectivity index (χ0v) is 10.1. The van der Waals surface area contributed by atoms with Gasteiger partial charge < -0.3 is 10.1 Å². The first-order valence-electron chi connectivity index (χ1n) is 5.91. The number of hydrogen-bond acceptors (Lipinski definition) is 2. The maximum absolute atomic E-state index is 5.77. The van der Waals surface area contributed by atoms with Gasteiger partial charge in [0.1, 0.15) is 0 Å². The van der Waals surface area contributed by atoms with Crippen LogP contribution in [-0.4, -0.2) is 25.3 Å². The first-order valence-corrected chi connectivity index (χ1v) is 5.91. The van der Waals surface area contributed by atoms with Crippen LogP contribution in [0.2, 0.25) is 0 Å². The van der Waals surface area contributed by atoms with Gasteiger partial charge in [0, 0.05) is 12.6 Å². The Morgan fingerprint density at radius 2 is 2.07 bits per heavy atom. The van der Waals surface area contributed by atoms with E-state index in [4.69, 9.17) is 4.74 Å². The topological polar surface area (TPSA) is 21.3 Å². The Labute approximate surface area is 88.4 Å². The second-order valence-electron chi connectivity index (χ2n) is 4.90. The van der Waals surface area contributed by atoms with E-state index in [1.54, 1.807) is 0 Å². The third kappa shape index (κ3) is 3.58. The fourth-order valence-corrected chi connectivity index (χ4v) is 2.12. The molecule has 1 aliphatic rings. The molecule has 1 unspecified atom stereocenters. The van der Waals surface area contributed by atoms with Crippen LogP contribution in [0.3, 0.4) is 0 Å². The molecule has 0 saturated heterocycles. The highest BCUT2D eigenvalue weighted by Gasteiger charge is 2.30. The number of nitrogens with one attached hydrogen (secondary N) is 1. The maximum Gasteiger partial charge on any atom is 0.0778 e. The van der Waals surface area contributed by atoms with Crippen LogP contribution in [0.15, 0.2) is 0 Å². The fraction of sp³-hybridized carbons (Fsp3) is 1.00. The Hall–Kier alpha value is -0.0800. The molecule has 1 fully saturated rings. The minimum Gasteiger partial charge on any atom is -0.374 e. The summed E-state index contributed by atoms with van der Waals surface area (Å²) in [6.07, 6.45) is 5.51. The van der Waals surface area contributed by atoms with Crippen molar-refractivity contribution in [3.8, 4) is 0 Å². The predicted molar refractivity (Wildman–Crippen MR) is 60.5 cm³/mol. The van der Waals surface area contributed by atoms with E-state index >= 15 is 0 Å². The molecule has 1 saturated carbocycles. The summed E-state index contributed by atoms with van der Waals surface area (Å²) in [7, 11) is 2.04. The minimum absolute atomic E-state index is 0.0294. The van der Waals surface area contributed by atoms with Crippen molar-refractivity contribution in [2.45, 2.75) is 58.1 Å². The van der Waals surface area contributed by atoms with Gasteiger partial charge in [0.25, 0.3) is 0 Å². The largest absolute Gasteiger partial charge is 0.374 e. The molecule has 14 heavy (non-hydrogen) atoms. The predicted octanol–water partition coefficient (Wildman–Crippen LogP) is 2.58. The zero-order chi connectivity index (χ0) is 10.6. The monoisotopic (exact) mass is 199 g/mol. The van der Waals surface area contributed by atoms with E-state index in [2.05, 4.69) is 26.1 Å². The highest BCUT2D eigenvalue weighted by atomic mass is 16.5. The van der Waals surface area contributed by atoms with Crippen molar-refractivity contribution in [3.63, 3.8) is 0 Å². The van der Waals surface area contributed by atoms with Crippen molar-refractivity contribution >= 4 is 0 Å². The first-order chi connectivity index (χ1) is 6.60. The molecule has 0 radical (unpaired) electrons. The smallest absolute Gasteiger partial charge is 0.0778 e. The van der Waals surface area contributed by atoms with Crippen LogP contribution >= 0.6 is 0 Å². The Morgan fingerprint density at radius 3 is 2.50 bits per heavy atom. The van der Waals surface area contributed by atoms with Crippen LogP contribution in [0, 0.1) is 5.92 Å². The second kappa shape index (κ2) is 5.13. The van der Waals surface area contributed by atoms with Gasteiger partial charge in [-0.25, -0.2) is 0 Å². The molecule has 1 N–H and O–H groups in total. The summed E-state index contributed by atoms with van der Waals surface area (Å²) in [5, 5.41) is 3.39. The molecular weight excluding hydrogens is 174 g/mol. The van der Waals surface area contributed by atoms with Crippen molar-refractivity contribution in [3.05, 3.63) is 0 Å². The molecular formula is C12H25NO. The Kier molecular flexibility index (Phi) is 4.39. The van der Waals surface area contributed by atoms with Crippen LogP contribution in [-0.2, 0) is 4.74 Å². The molecule has 0 aromatic rings. The lowest BCUT2D eigenvalue weighted by Gasteiger charge is -2.34. The second-order valence-corrected chi connectivity index (χ2v) is 4.90. The number of likely N-dealkylation sites (N-methyl/N-ethyl adjacent to an activating group) is 1. The van der Waals surface area contributed by atoms with Crippen molar-refractivity contribution in [2.75, 3.05) is 13.7 Å². The molecule has 1 aliphatic carbocycles. The van der Waals surface area contributed by atoms with Crippen LogP contribution in [0.25, 0.3) is 0 Å². The molecule has 0 aliphatic heterocycles. The van der Waals surface area contributed by atoms with E-state index < -0.39 is 0 Å². The van der Waals surface area contributed by atoms with Crippen LogP contribution in [0.4, 0.5) is 0 Å². The SMILES string of the molecule is CCOC(C)(C)C(CCC1CC1)NC. The van der Waals surface area contributed by atoms with Gasteiger partial charge >= 0.3 is 0 Å². The summed E-state index contributed by atoms with van der Waals surface area (Å²) in [5.41, 5.74) is -0.0294. The van der Waals surface area contributed by atoms with Crippen molar-refractivity contribution < 1.29 is 4.74 Å². The van der Waals surface area contributed by atoms with Crippen molar-refractivity contribution in [1.82, 2.24) is 5.32 Å². The van der Waals surface area contributed by atoms with Gasteiger partial charge in [-0.2, -0.15) is 0 Å². The molecule has 1 rings (SSSR count). The first kappa shape index (κ1) is 12.0. The third-order valence-corrected chi connectivity index (χ3v) is 3.26. The number of ether oxygens (including phenoxy) is 1. The minimum atomic E-state index is -0.0294. The molecule has 0 heterocycles. The zero-order valence-electron chi connectivity index (χ0n) is 10.1. The summed E-state index contributed by atoms with van der Waals surface area (Å²) in [4.78, 5) is 0. The molecule has 0 amide bonds. The number of hydrogen-bond donors (Lipinski definition) is 1. The highest BCUT2D eigenvalue weighted by Crippen LogP contribution is 2.35. The van der Waals surface area contributed by atoms with Crippen LogP contribution in [0.5, 0.6) is 0 Å². The van der Waals surface area contributed by atoms with Crippen molar-refractivity contribution in [2.24, 2.45) is 5.92 Å². The fourth-order valence-electron chi connectivity index (χ4n) is 2.12. The lowest BCUT2D eigenvalue weighted by molar-refractivity contribution is -0.0390. The van der Waals surface area contributed by atoms with E-state index in [0.29, 0.717) is 6.04 Å². The van der Waals surface area contributed by atoms with Gasteiger partial charge in [-0.15, -0.1) is 0 Å². The Bertz CT molecular complexity index is 164. The maximum atomic E-state index is 5.77. The van der Waals surface area contributed by atoms with E-state index in [1.165, 1.54) is 25.7 Å². The van der Waals surface area contributed by atoms with E-state index in [1.807, 2.05) is 7.05 Å². The van der Waals surface area contributed by atoms with E-state index in [-0.39, 0.29) is 5.60 Å². The van der Waals surface area contributed by atoms with Gasteiger partial charge in [-0.05, 0) is 46.6 Å². The number of rotatable bonds is 7. The van der Waals surface area contributed by atoms with E-state index in [9.17, 15) is 0 Å². The average molecular weight is 199 g/mol. The molecule has 2 heteroatoms. The van der Waals surface area contributed by atoms with Gasteiger partial charge in [0.2, 0.25) is 0 Å². The quantitative estimate of drug-likeness (QED) is 0.680. The standard InChI is InChI=1S/C12H25NO/c1-5-14-12(2,3)11(13-4)9-8-10-6-7-10/h10-11,13H,5-9H2,1-4H3. The summed E-state index contributed by atoms with van der Waals surface area (Å²) < 4.78 is 5.77. The molecule has 0 spiro atoms. The lowest BCUT2D eigenvalue weighted by Crippen LogP contribution is -2.47. The molecule has 0 aromatic carbocycles. The summed E-state index contributed by atoms with van der Waals surface area (Å²) in [6, 6.07) is 0.489. The van der Waals surface area contributed by atoms with Crippen LogP contribution < -0.4 is 5.32 Å². The third-order valence-electron chi connectivity index (χ3n) is 3.26. The van der Waals surface area contributed by atoms with Crippen LogP contribution in [0.1, 0.15) is 46.5 Å². The summed E-state index contributed by atoms with van der Waals surface area (Å²) in [5.74, 6) is 1.02. The van der Waals surface area contributed by atoms with Gasteiger partial charge in [0.05, 0.1) is 5.60 Å². The molecule has 1 atom stereocenters. The lowest BCUT2D eigenvalue weighted by atomic mass is 9.93. The Morgan fingerprint density at radius 1 is 1.43 bits per heavy atom. The van der Waals surface area contributed by atoms with E-state index in [0.717, 1.165) is 12.5 Å². The molecule has 0 aromatic heterocycles. The van der Waals surface area contributed by atoms with Crippen molar-refractivity contribution in [1.29, 1.82) is 0 Å². The van der Waals surface area contributed by atoms with Gasteiger partial charge in [-0.1, -0.05) is 12.8 Å². The average Bonchev–Trinajstić information content (AvgIpc) is 2.88. The normalized spacial score (nSPS) is 19.7. The van der Waals surface area contributed by atoms with Gasteiger partial charge in [0.15, 0.2) is 0 Å². The molecule has 2 nitrogen and oxygen atoms in total. The molecule has 84 valence electrons.